The van der Waals surface area contributed by atoms with Crippen LogP contribution in [-0.4, -0.2) is 29.8 Å². The summed E-state index contributed by atoms with van der Waals surface area (Å²) in [5.41, 5.74) is 0. The van der Waals surface area contributed by atoms with Crippen LogP contribution in [0.1, 0.15) is 52.5 Å². The highest BCUT2D eigenvalue weighted by Gasteiger charge is 2.26. The number of nitrogens with zero attached hydrogens (tertiary/aromatic N) is 3. The molecule has 1 aliphatic heterocycles. The van der Waals surface area contributed by atoms with Gasteiger partial charge >= 0.3 is 6.01 Å². The van der Waals surface area contributed by atoms with E-state index in [9.17, 15) is 0 Å². The van der Waals surface area contributed by atoms with E-state index in [0.717, 1.165) is 32.0 Å². The number of hydrogen-bond acceptors (Lipinski definition) is 5. The minimum absolute atomic E-state index is 0.127. The zero-order chi connectivity index (χ0) is 13.8. The normalized spacial score (nSPS) is 25.6. The molecule has 2 rings (SSSR count). The van der Waals surface area contributed by atoms with E-state index in [4.69, 9.17) is 4.42 Å². The minimum atomic E-state index is 0.127. The van der Waals surface area contributed by atoms with E-state index in [-0.39, 0.29) is 6.04 Å². The van der Waals surface area contributed by atoms with Gasteiger partial charge in [-0.05, 0) is 38.1 Å². The fourth-order valence-electron chi connectivity index (χ4n) is 2.41. The Balaban J connectivity index is 1.97. The molecule has 2 heterocycles. The molecule has 0 saturated carbocycles. The molecule has 1 aromatic heterocycles. The van der Waals surface area contributed by atoms with Gasteiger partial charge < -0.3 is 14.6 Å². The predicted molar refractivity (Wildman–Crippen MR) is 76.2 cm³/mol. The lowest BCUT2D eigenvalue weighted by molar-refractivity contribution is 0.309. The number of rotatable bonds is 5. The highest BCUT2D eigenvalue weighted by Crippen LogP contribution is 2.26. The Morgan fingerprint density at radius 3 is 2.84 bits per heavy atom. The molecule has 5 nitrogen and oxygen atoms in total. The average molecular weight is 266 g/mol. The third-order valence-electron chi connectivity index (χ3n) is 4.11. The third-order valence-corrected chi connectivity index (χ3v) is 4.11. The number of piperidine rings is 1. The van der Waals surface area contributed by atoms with Crippen LogP contribution in [0.15, 0.2) is 4.42 Å². The Kier molecular flexibility index (Phi) is 4.80. The van der Waals surface area contributed by atoms with Crippen LogP contribution in [0.4, 0.5) is 6.01 Å². The molecule has 0 amide bonds. The standard InChI is InChI=1S/C14H26N4O/c1-5-7-15-12(4)13-16-17-14(19-13)18-8-6-10(2)11(3)9-18/h10-12,15H,5-9H2,1-4H3. The average Bonchev–Trinajstić information content (AvgIpc) is 2.89. The second-order valence-electron chi connectivity index (χ2n) is 5.79. The van der Waals surface area contributed by atoms with Crippen molar-refractivity contribution in [2.45, 2.75) is 46.6 Å². The smallest absolute Gasteiger partial charge is 0.318 e. The molecule has 3 unspecified atom stereocenters. The minimum Gasteiger partial charge on any atom is -0.406 e. The Bertz CT molecular complexity index is 393. The van der Waals surface area contributed by atoms with Crippen molar-refractivity contribution in [3.05, 3.63) is 5.89 Å². The molecule has 1 fully saturated rings. The van der Waals surface area contributed by atoms with E-state index in [1.54, 1.807) is 0 Å². The predicted octanol–water partition coefficient (Wildman–Crippen LogP) is 2.61. The molecule has 5 heteroatoms. The monoisotopic (exact) mass is 266 g/mol. The summed E-state index contributed by atoms with van der Waals surface area (Å²) in [4.78, 5) is 2.22. The topological polar surface area (TPSA) is 54.2 Å². The second-order valence-corrected chi connectivity index (χ2v) is 5.79. The zero-order valence-corrected chi connectivity index (χ0v) is 12.5. The van der Waals surface area contributed by atoms with Crippen LogP contribution in [0.3, 0.4) is 0 Å². The largest absolute Gasteiger partial charge is 0.406 e. The molecule has 1 saturated heterocycles. The molecular formula is C14H26N4O. The van der Waals surface area contributed by atoms with Gasteiger partial charge in [-0.25, -0.2) is 0 Å². The Morgan fingerprint density at radius 1 is 1.37 bits per heavy atom. The molecule has 0 bridgehead atoms. The van der Waals surface area contributed by atoms with Crippen molar-refractivity contribution in [2.24, 2.45) is 11.8 Å². The molecule has 1 N–H and O–H groups in total. The molecular weight excluding hydrogens is 240 g/mol. The number of aromatic nitrogens is 2. The van der Waals surface area contributed by atoms with Crippen LogP contribution in [-0.2, 0) is 0 Å². The fourth-order valence-corrected chi connectivity index (χ4v) is 2.41. The van der Waals surface area contributed by atoms with E-state index in [1.807, 2.05) is 0 Å². The van der Waals surface area contributed by atoms with Gasteiger partial charge in [0.2, 0.25) is 5.89 Å². The maximum Gasteiger partial charge on any atom is 0.318 e. The second kappa shape index (κ2) is 6.37. The fraction of sp³-hybridized carbons (Fsp3) is 0.857. The van der Waals surface area contributed by atoms with Gasteiger partial charge in [0.1, 0.15) is 0 Å². The molecule has 1 aromatic rings. The van der Waals surface area contributed by atoms with E-state index >= 15 is 0 Å². The molecule has 108 valence electrons. The maximum absolute atomic E-state index is 5.81. The highest BCUT2D eigenvalue weighted by atomic mass is 16.4. The van der Waals surface area contributed by atoms with Crippen molar-refractivity contribution in [1.82, 2.24) is 15.5 Å². The summed E-state index contributed by atoms with van der Waals surface area (Å²) >= 11 is 0. The van der Waals surface area contributed by atoms with Crippen LogP contribution in [0, 0.1) is 11.8 Å². The number of nitrogens with one attached hydrogen (secondary N) is 1. The summed E-state index contributed by atoms with van der Waals surface area (Å²) in [6.45, 7) is 11.8. The van der Waals surface area contributed by atoms with Gasteiger partial charge in [0, 0.05) is 13.1 Å². The summed E-state index contributed by atoms with van der Waals surface area (Å²) in [6.07, 6.45) is 2.30. The van der Waals surface area contributed by atoms with Crippen LogP contribution < -0.4 is 10.2 Å². The van der Waals surface area contributed by atoms with Crippen LogP contribution >= 0.6 is 0 Å². The van der Waals surface area contributed by atoms with Crippen molar-refractivity contribution in [3.63, 3.8) is 0 Å². The number of anilines is 1. The van der Waals surface area contributed by atoms with Gasteiger partial charge in [0.25, 0.3) is 0 Å². The van der Waals surface area contributed by atoms with Gasteiger partial charge in [0.15, 0.2) is 0 Å². The molecule has 0 aliphatic carbocycles. The molecule has 0 radical (unpaired) electrons. The van der Waals surface area contributed by atoms with Crippen LogP contribution in [0.25, 0.3) is 0 Å². The van der Waals surface area contributed by atoms with Gasteiger partial charge in [-0.1, -0.05) is 25.9 Å². The van der Waals surface area contributed by atoms with E-state index in [0.29, 0.717) is 17.8 Å². The lowest BCUT2D eigenvalue weighted by Crippen LogP contribution is -2.38. The van der Waals surface area contributed by atoms with Gasteiger partial charge in [-0.3, -0.25) is 0 Å². The molecule has 0 aromatic carbocycles. The molecule has 3 atom stereocenters. The third kappa shape index (κ3) is 3.47. The summed E-state index contributed by atoms with van der Waals surface area (Å²) in [5.74, 6) is 2.15. The highest BCUT2D eigenvalue weighted by molar-refractivity contribution is 5.25. The first kappa shape index (κ1) is 14.3. The van der Waals surface area contributed by atoms with Gasteiger partial charge in [-0.15, -0.1) is 5.10 Å². The van der Waals surface area contributed by atoms with Crippen LogP contribution in [0.5, 0.6) is 0 Å². The summed E-state index contributed by atoms with van der Waals surface area (Å²) in [5, 5.41) is 11.7. The lowest BCUT2D eigenvalue weighted by Gasteiger charge is -2.33. The summed E-state index contributed by atoms with van der Waals surface area (Å²) in [7, 11) is 0. The Labute approximate surface area is 115 Å². The van der Waals surface area contributed by atoms with E-state index in [1.165, 1.54) is 6.42 Å². The zero-order valence-electron chi connectivity index (χ0n) is 12.5. The maximum atomic E-state index is 5.81. The molecule has 1 aliphatic rings. The van der Waals surface area contributed by atoms with Crippen molar-refractivity contribution < 1.29 is 4.42 Å². The van der Waals surface area contributed by atoms with Crippen LogP contribution in [0.2, 0.25) is 0 Å². The summed E-state index contributed by atoms with van der Waals surface area (Å²) < 4.78 is 5.81. The molecule has 19 heavy (non-hydrogen) atoms. The van der Waals surface area contributed by atoms with Gasteiger partial charge in [-0.2, -0.15) is 0 Å². The Hall–Kier alpha value is -1.10. The quantitative estimate of drug-likeness (QED) is 0.888. The number of hydrogen-bond donors (Lipinski definition) is 1. The first-order valence-corrected chi connectivity index (χ1v) is 7.43. The van der Waals surface area contributed by atoms with E-state index in [2.05, 4.69) is 48.1 Å². The lowest BCUT2D eigenvalue weighted by atomic mass is 9.89. The van der Waals surface area contributed by atoms with E-state index < -0.39 is 0 Å². The van der Waals surface area contributed by atoms with Crippen molar-refractivity contribution in [3.8, 4) is 0 Å². The Morgan fingerprint density at radius 2 is 2.16 bits per heavy atom. The molecule has 0 spiro atoms. The first-order chi connectivity index (χ1) is 9.11. The van der Waals surface area contributed by atoms with Crippen molar-refractivity contribution in [2.75, 3.05) is 24.5 Å². The van der Waals surface area contributed by atoms with Crippen molar-refractivity contribution >= 4 is 6.01 Å². The summed E-state index contributed by atoms with van der Waals surface area (Å²) in [6, 6.07) is 0.807. The SMILES string of the molecule is CCCNC(C)c1nnc(N2CCC(C)C(C)C2)o1. The van der Waals surface area contributed by atoms with Crippen molar-refractivity contribution in [1.29, 1.82) is 0 Å². The van der Waals surface area contributed by atoms with Gasteiger partial charge in [0.05, 0.1) is 6.04 Å². The first-order valence-electron chi connectivity index (χ1n) is 7.43.